The quantitative estimate of drug-likeness (QED) is 0.114. The lowest BCUT2D eigenvalue weighted by Crippen LogP contribution is -2.66. The van der Waals surface area contributed by atoms with Gasteiger partial charge in [-0.1, -0.05) is 105 Å². The van der Waals surface area contributed by atoms with Gasteiger partial charge in [-0.15, -0.1) is 0 Å². The summed E-state index contributed by atoms with van der Waals surface area (Å²) in [6.07, 6.45) is 13.3. The molecule has 0 unspecified atom stereocenters. The molecule has 0 heterocycles. The minimum absolute atomic E-state index is 0.109. The number of Topliss-reactive ketones (excluding diaryl/α,β-unsaturated/α-hetero) is 1. The van der Waals surface area contributed by atoms with Crippen molar-refractivity contribution in [2.24, 2.45) is 35.0 Å². The fourth-order valence-electron chi connectivity index (χ4n) is 9.05. The lowest BCUT2D eigenvalue weighted by atomic mass is 9.59. The minimum atomic E-state index is -1.94. The van der Waals surface area contributed by atoms with Crippen LogP contribution in [0.5, 0.6) is 0 Å². The number of fused-ring (bicyclic) bond motifs is 5. The lowest BCUT2D eigenvalue weighted by molar-refractivity contribution is -0.230. The molecule has 45 heavy (non-hydrogen) atoms. The number of hydrogen-bond donors (Lipinski definition) is 3. The third-order valence-electron chi connectivity index (χ3n) is 12.0. The first-order valence-corrected chi connectivity index (χ1v) is 17.6. The third-order valence-corrected chi connectivity index (χ3v) is 12.0. The van der Waals surface area contributed by atoms with Gasteiger partial charge in [-0.3, -0.25) is 14.4 Å². The molecule has 0 aromatic heterocycles. The number of ether oxygens (including phenoxy) is 2. The van der Waals surface area contributed by atoms with E-state index in [1.165, 1.54) is 32.1 Å². The number of ketones is 1. The van der Waals surface area contributed by atoms with Gasteiger partial charge in [0, 0.05) is 41.9 Å². The lowest BCUT2D eigenvalue weighted by Gasteiger charge is -2.53. The molecule has 2 saturated carbocycles. The molecule has 0 bridgehead atoms. The Morgan fingerprint density at radius 3 is 2.18 bits per heavy atom. The van der Waals surface area contributed by atoms with Gasteiger partial charge >= 0.3 is 11.9 Å². The van der Waals surface area contributed by atoms with Crippen molar-refractivity contribution in [1.82, 2.24) is 0 Å². The first kappa shape index (κ1) is 35.8. The van der Waals surface area contributed by atoms with Gasteiger partial charge in [0.2, 0.25) is 0 Å². The Morgan fingerprint density at radius 2 is 1.60 bits per heavy atom. The van der Waals surface area contributed by atoms with Gasteiger partial charge in [-0.25, -0.2) is 0 Å². The zero-order chi connectivity index (χ0) is 33.4. The molecule has 0 spiro atoms. The van der Waals surface area contributed by atoms with Crippen molar-refractivity contribution in [3.8, 4) is 0 Å². The number of rotatable bonds is 15. The van der Waals surface area contributed by atoms with Crippen LogP contribution >= 0.6 is 0 Å². The van der Waals surface area contributed by atoms with Crippen molar-refractivity contribution in [3.05, 3.63) is 23.3 Å². The van der Waals surface area contributed by atoms with Gasteiger partial charge in [0.15, 0.2) is 11.4 Å². The minimum Gasteiger partial charge on any atom is -0.457 e. The maximum absolute atomic E-state index is 13.5. The summed E-state index contributed by atoms with van der Waals surface area (Å²) in [6.45, 7) is 12.9. The normalized spacial score (nSPS) is 36.9. The zero-order valence-corrected chi connectivity index (χ0v) is 28.7. The van der Waals surface area contributed by atoms with Crippen molar-refractivity contribution in [3.63, 3.8) is 0 Å². The van der Waals surface area contributed by atoms with E-state index in [0.717, 1.165) is 19.3 Å². The Morgan fingerprint density at radius 1 is 1.00 bits per heavy atom. The zero-order valence-electron chi connectivity index (χ0n) is 28.7. The van der Waals surface area contributed by atoms with Crippen molar-refractivity contribution in [2.75, 3.05) is 6.61 Å². The third kappa shape index (κ3) is 5.97. The molecule has 2 fully saturated rings. The molecule has 4 aliphatic carbocycles. The number of esters is 2. The van der Waals surface area contributed by atoms with Crippen LogP contribution in [0.3, 0.4) is 0 Å². The standard InChI is InChI=1S/C37H58O8/c1-8-10-11-12-13-14-15-16-17-18-29(39)45-37-30(34(37,6)7)27-20-26(22-38)21-35(42)28(19-24(4)31(35)40)36(27,43)25(5)32(37)44-33(41)23(3)9-2/h19-20,23,25,27-28,30,32,38,42-43H,8-18,21-22H2,1-7H3/t23-,25+,27-,28+,30+,32+,35+,36+,37+/m0/s1. The monoisotopic (exact) mass is 630 g/mol. The number of unbranched alkanes of at least 4 members (excludes halogenated alkanes) is 8. The van der Waals surface area contributed by atoms with Gasteiger partial charge < -0.3 is 24.8 Å². The highest BCUT2D eigenvalue weighted by Crippen LogP contribution is 2.77. The molecule has 4 aliphatic rings. The van der Waals surface area contributed by atoms with Crippen LogP contribution in [0.25, 0.3) is 0 Å². The molecule has 3 N–H and O–H groups in total. The maximum Gasteiger partial charge on any atom is 0.309 e. The van der Waals surface area contributed by atoms with Gasteiger partial charge in [-0.2, -0.15) is 0 Å². The highest BCUT2D eigenvalue weighted by molar-refractivity contribution is 6.04. The molecule has 0 amide bonds. The van der Waals surface area contributed by atoms with Crippen molar-refractivity contribution in [1.29, 1.82) is 0 Å². The molecule has 8 nitrogen and oxygen atoms in total. The van der Waals surface area contributed by atoms with E-state index in [1.54, 1.807) is 32.9 Å². The van der Waals surface area contributed by atoms with E-state index in [9.17, 15) is 29.7 Å². The van der Waals surface area contributed by atoms with Gasteiger partial charge in [0.1, 0.15) is 11.7 Å². The van der Waals surface area contributed by atoms with Crippen molar-refractivity contribution in [2.45, 2.75) is 148 Å². The van der Waals surface area contributed by atoms with Crippen LogP contribution < -0.4 is 0 Å². The topological polar surface area (TPSA) is 130 Å². The summed E-state index contributed by atoms with van der Waals surface area (Å²) in [5, 5.41) is 35.1. The van der Waals surface area contributed by atoms with Crippen LogP contribution in [0.1, 0.15) is 126 Å². The Hall–Kier alpha value is -2.03. The number of aliphatic hydroxyl groups is 3. The predicted octanol–water partition coefficient (Wildman–Crippen LogP) is 6.00. The second-order valence-corrected chi connectivity index (χ2v) is 15.2. The highest BCUT2D eigenvalue weighted by atomic mass is 16.6. The van der Waals surface area contributed by atoms with E-state index >= 15 is 0 Å². The Balaban J connectivity index is 1.64. The second-order valence-electron chi connectivity index (χ2n) is 15.2. The number of aliphatic hydroxyl groups excluding tert-OH is 1. The van der Waals surface area contributed by atoms with E-state index in [2.05, 4.69) is 6.92 Å². The Labute approximate surface area is 270 Å². The molecule has 0 aromatic rings. The first-order chi connectivity index (χ1) is 21.2. The van der Waals surface area contributed by atoms with E-state index in [-0.39, 0.29) is 25.4 Å². The van der Waals surface area contributed by atoms with Crippen LogP contribution in [-0.4, -0.2) is 62.6 Å². The van der Waals surface area contributed by atoms with E-state index in [4.69, 9.17) is 9.47 Å². The number of hydrogen-bond acceptors (Lipinski definition) is 8. The summed E-state index contributed by atoms with van der Waals surface area (Å²) in [4.78, 5) is 40.3. The number of carbonyl (C=O) groups is 3. The maximum atomic E-state index is 13.5. The van der Waals surface area contributed by atoms with Gasteiger partial charge in [0.05, 0.1) is 18.1 Å². The summed E-state index contributed by atoms with van der Waals surface area (Å²) >= 11 is 0. The summed E-state index contributed by atoms with van der Waals surface area (Å²) in [5.74, 6) is -4.60. The number of carbonyl (C=O) groups excluding carboxylic acids is 3. The van der Waals surface area contributed by atoms with Gasteiger partial charge in [0.25, 0.3) is 0 Å². The van der Waals surface area contributed by atoms with E-state index in [1.807, 2.05) is 20.8 Å². The molecule has 8 heteroatoms. The smallest absolute Gasteiger partial charge is 0.309 e. The fourth-order valence-corrected chi connectivity index (χ4v) is 9.05. The predicted molar refractivity (Wildman–Crippen MR) is 172 cm³/mol. The Kier molecular flexibility index (Phi) is 10.8. The molecule has 0 aromatic carbocycles. The molecular weight excluding hydrogens is 572 g/mol. The van der Waals surface area contributed by atoms with E-state index < -0.39 is 69.7 Å². The average molecular weight is 631 g/mol. The summed E-state index contributed by atoms with van der Waals surface area (Å²) < 4.78 is 12.7. The van der Waals surface area contributed by atoms with Crippen LogP contribution in [0.15, 0.2) is 23.3 Å². The highest BCUT2D eigenvalue weighted by Gasteiger charge is 2.88. The molecular formula is C37H58O8. The molecule has 9 atom stereocenters. The SMILES string of the molecule is CCCCCCCCCCCC(=O)O[C@@]12[C@H](OC(=O)[C@@H](C)CC)[C@@H](C)[C@@]3(O)[C@@H](C=C(CO)C[C@]4(O)C(=O)C(C)=C[C@@H]34)[C@@H]1C2(C)C. The molecule has 0 radical (unpaired) electrons. The molecule has 254 valence electrons. The van der Waals surface area contributed by atoms with Crippen LogP contribution in [0.4, 0.5) is 0 Å². The largest absolute Gasteiger partial charge is 0.457 e. The first-order valence-electron chi connectivity index (χ1n) is 17.6. The molecule has 0 saturated heterocycles. The van der Waals surface area contributed by atoms with Gasteiger partial charge in [-0.05, 0) is 30.9 Å². The van der Waals surface area contributed by atoms with Crippen LogP contribution in [0.2, 0.25) is 0 Å². The van der Waals surface area contributed by atoms with E-state index in [0.29, 0.717) is 24.0 Å². The summed E-state index contributed by atoms with van der Waals surface area (Å²) in [5.41, 5.74) is -4.75. The molecule has 4 rings (SSSR count). The fraction of sp³-hybridized carbons (Fsp3) is 0.811. The Bertz CT molecular complexity index is 1190. The molecule has 0 aliphatic heterocycles. The van der Waals surface area contributed by atoms with Crippen molar-refractivity contribution < 1.29 is 39.2 Å². The van der Waals surface area contributed by atoms with Crippen molar-refractivity contribution >= 4 is 17.7 Å². The van der Waals surface area contributed by atoms with Crippen LogP contribution in [0, 0.1) is 35.0 Å². The summed E-state index contributed by atoms with van der Waals surface area (Å²) in [7, 11) is 0. The average Bonchev–Trinajstić information content (AvgIpc) is 3.43. The second kappa shape index (κ2) is 13.6. The van der Waals surface area contributed by atoms with Crippen LogP contribution in [-0.2, 0) is 23.9 Å². The summed E-state index contributed by atoms with van der Waals surface area (Å²) in [6, 6.07) is 0.